The van der Waals surface area contributed by atoms with Gasteiger partial charge in [-0.15, -0.1) is 0 Å². The number of carbonyl (C=O) groups is 1. The Bertz CT molecular complexity index is 1440. The van der Waals surface area contributed by atoms with Crippen molar-refractivity contribution in [1.82, 2.24) is 20.3 Å². The second kappa shape index (κ2) is 12.9. The van der Waals surface area contributed by atoms with Crippen molar-refractivity contribution in [3.63, 3.8) is 0 Å². The molecule has 0 aliphatic carbocycles. The van der Waals surface area contributed by atoms with Crippen LogP contribution in [0.2, 0.25) is 0 Å². The number of aliphatic hydroxyl groups excluding tert-OH is 1. The van der Waals surface area contributed by atoms with Gasteiger partial charge >= 0.3 is 6.18 Å². The van der Waals surface area contributed by atoms with Crippen LogP contribution in [0.4, 0.5) is 36.4 Å². The highest BCUT2D eigenvalue weighted by Crippen LogP contribution is 2.34. The summed E-state index contributed by atoms with van der Waals surface area (Å²) in [6.07, 6.45) is -0.756. The molecule has 3 aromatic rings. The molecule has 40 heavy (non-hydrogen) atoms. The second-order valence-corrected chi connectivity index (χ2v) is 10.8. The summed E-state index contributed by atoms with van der Waals surface area (Å²) in [5, 5.41) is 17.4. The number of anilines is 4. The lowest BCUT2D eigenvalue weighted by atomic mass is 10.1. The molecule has 2 aromatic heterocycles. The molecule has 216 valence electrons. The standard InChI is InChI=1S/C25H30F3N7O4S/c1-4-18(10-12-36)32-23(37)16-7-5-9-19(13-16)33-24-31-15-20(25(26,27)28)21(34-24)30-14-17-8-6-11-29-22(17)35(2)40(3,38)39/h5-9,11,13,15,18,36H,4,10,12,14H2,1-3H3,(H,32,37)(H2,30,31,33,34)/t18-/m1/s1. The van der Waals surface area contributed by atoms with Crippen molar-refractivity contribution in [3.05, 3.63) is 65.5 Å². The number of benzene rings is 1. The van der Waals surface area contributed by atoms with Crippen LogP contribution >= 0.6 is 0 Å². The number of nitrogens with one attached hydrogen (secondary N) is 3. The summed E-state index contributed by atoms with van der Waals surface area (Å²) in [5.41, 5.74) is -0.145. The van der Waals surface area contributed by atoms with Crippen molar-refractivity contribution >= 4 is 39.2 Å². The molecule has 0 saturated heterocycles. The maximum atomic E-state index is 13.7. The van der Waals surface area contributed by atoms with Crippen LogP contribution in [0.15, 0.2) is 48.8 Å². The van der Waals surface area contributed by atoms with E-state index in [2.05, 4.69) is 30.9 Å². The molecule has 0 bridgehead atoms. The number of aromatic nitrogens is 3. The molecule has 15 heteroatoms. The van der Waals surface area contributed by atoms with Crippen molar-refractivity contribution in [2.75, 3.05) is 34.8 Å². The molecule has 1 aromatic carbocycles. The lowest BCUT2D eigenvalue weighted by molar-refractivity contribution is -0.137. The number of alkyl halides is 3. The fourth-order valence-corrected chi connectivity index (χ4v) is 4.12. The van der Waals surface area contributed by atoms with Crippen molar-refractivity contribution < 1.29 is 31.5 Å². The third-order valence-corrected chi connectivity index (χ3v) is 7.06. The van der Waals surface area contributed by atoms with Gasteiger partial charge in [-0.2, -0.15) is 18.2 Å². The van der Waals surface area contributed by atoms with Crippen LogP contribution in [0, 0.1) is 0 Å². The first kappa shape index (κ1) is 30.6. The lowest BCUT2D eigenvalue weighted by Crippen LogP contribution is -2.35. The summed E-state index contributed by atoms with van der Waals surface area (Å²) in [7, 11) is -2.38. The average molecular weight is 582 g/mol. The van der Waals surface area contributed by atoms with Gasteiger partial charge in [0.15, 0.2) is 0 Å². The van der Waals surface area contributed by atoms with Crippen molar-refractivity contribution in [2.45, 2.75) is 38.5 Å². The fraction of sp³-hybridized carbons (Fsp3) is 0.360. The number of rotatable bonds is 12. The lowest BCUT2D eigenvalue weighted by Gasteiger charge is -2.20. The Morgan fingerprint density at radius 3 is 2.58 bits per heavy atom. The SMILES string of the molecule is CC[C@H](CCO)NC(=O)c1cccc(Nc2ncc(C(F)(F)F)c(NCc3cccnc3N(C)S(C)(=O)=O)n2)c1. The summed E-state index contributed by atoms with van der Waals surface area (Å²) in [6, 6.07) is 9.12. The van der Waals surface area contributed by atoms with Crippen LogP contribution in [0.5, 0.6) is 0 Å². The molecule has 0 saturated carbocycles. The zero-order chi connectivity index (χ0) is 29.5. The summed E-state index contributed by atoms with van der Waals surface area (Å²) in [4.78, 5) is 24.5. The highest BCUT2D eigenvalue weighted by atomic mass is 32.2. The highest BCUT2D eigenvalue weighted by Gasteiger charge is 2.35. The molecular weight excluding hydrogens is 551 g/mol. The van der Waals surface area contributed by atoms with Crippen LogP contribution in [0.25, 0.3) is 0 Å². The Labute approximate surface area is 229 Å². The van der Waals surface area contributed by atoms with Crippen molar-refractivity contribution in [2.24, 2.45) is 0 Å². The molecule has 1 amide bonds. The Morgan fingerprint density at radius 2 is 1.93 bits per heavy atom. The normalized spacial score (nSPS) is 12.5. The molecule has 0 spiro atoms. The van der Waals surface area contributed by atoms with Crippen LogP contribution in [-0.4, -0.2) is 60.3 Å². The van der Waals surface area contributed by atoms with Gasteiger partial charge in [0.1, 0.15) is 17.2 Å². The molecule has 0 aliphatic heterocycles. The number of hydrogen-bond acceptors (Lipinski definition) is 9. The van der Waals surface area contributed by atoms with E-state index in [1.54, 1.807) is 18.2 Å². The number of carbonyl (C=O) groups excluding carboxylic acids is 1. The van der Waals surface area contributed by atoms with E-state index in [-0.39, 0.29) is 36.9 Å². The predicted octanol–water partition coefficient (Wildman–Crippen LogP) is 3.53. The van der Waals surface area contributed by atoms with Crippen LogP contribution < -0.4 is 20.3 Å². The first-order valence-electron chi connectivity index (χ1n) is 12.2. The van der Waals surface area contributed by atoms with Gasteiger partial charge in [-0.3, -0.25) is 9.10 Å². The van der Waals surface area contributed by atoms with Crippen molar-refractivity contribution in [1.29, 1.82) is 0 Å². The number of sulfonamides is 1. The molecule has 0 unspecified atom stereocenters. The summed E-state index contributed by atoms with van der Waals surface area (Å²) >= 11 is 0. The Balaban J connectivity index is 1.85. The molecule has 4 N–H and O–H groups in total. The molecule has 0 fully saturated rings. The highest BCUT2D eigenvalue weighted by molar-refractivity contribution is 7.92. The number of nitrogens with zero attached hydrogens (tertiary/aromatic N) is 4. The smallest absolute Gasteiger partial charge is 0.396 e. The van der Waals surface area contributed by atoms with E-state index in [9.17, 15) is 26.4 Å². The average Bonchev–Trinajstić information content (AvgIpc) is 2.90. The largest absolute Gasteiger partial charge is 0.421 e. The summed E-state index contributed by atoms with van der Waals surface area (Å²) in [6.45, 7) is 1.59. The first-order chi connectivity index (χ1) is 18.8. The van der Waals surface area contributed by atoms with E-state index in [0.717, 1.165) is 10.6 Å². The number of pyridine rings is 1. The van der Waals surface area contributed by atoms with Gasteiger partial charge in [-0.05, 0) is 37.1 Å². The van der Waals surface area contributed by atoms with Gasteiger partial charge in [0.25, 0.3) is 5.91 Å². The van der Waals surface area contributed by atoms with Gasteiger partial charge < -0.3 is 21.1 Å². The predicted molar refractivity (Wildman–Crippen MR) is 145 cm³/mol. The quantitative estimate of drug-likeness (QED) is 0.252. The van der Waals surface area contributed by atoms with E-state index in [1.165, 1.54) is 31.4 Å². The Hall–Kier alpha value is -3.98. The molecule has 3 rings (SSSR count). The summed E-state index contributed by atoms with van der Waals surface area (Å²) < 4.78 is 66.1. The molecule has 1 atom stereocenters. The fourth-order valence-electron chi connectivity index (χ4n) is 3.64. The second-order valence-electron chi connectivity index (χ2n) is 8.82. The molecule has 11 nitrogen and oxygen atoms in total. The minimum Gasteiger partial charge on any atom is -0.396 e. The minimum absolute atomic E-state index is 0.0536. The van der Waals surface area contributed by atoms with Gasteiger partial charge in [0.05, 0.1) is 6.26 Å². The van der Waals surface area contributed by atoms with Gasteiger partial charge in [0, 0.05) is 55.4 Å². The van der Waals surface area contributed by atoms with Crippen LogP contribution in [0.1, 0.15) is 41.3 Å². The van der Waals surface area contributed by atoms with Gasteiger partial charge in [-0.1, -0.05) is 19.1 Å². The van der Waals surface area contributed by atoms with Crippen molar-refractivity contribution in [3.8, 4) is 0 Å². The Kier molecular flexibility index (Phi) is 9.87. The number of halogens is 3. The van der Waals surface area contributed by atoms with Crippen LogP contribution in [-0.2, 0) is 22.7 Å². The monoisotopic (exact) mass is 581 g/mol. The summed E-state index contributed by atoms with van der Waals surface area (Å²) in [5.74, 6) is -1.02. The van der Waals surface area contributed by atoms with E-state index in [1.807, 2.05) is 6.92 Å². The van der Waals surface area contributed by atoms with E-state index in [0.29, 0.717) is 35.9 Å². The maximum absolute atomic E-state index is 13.7. The molecule has 2 heterocycles. The zero-order valence-corrected chi connectivity index (χ0v) is 22.8. The van der Waals surface area contributed by atoms with E-state index < -0.39 is 27.6 Å². The molecular formula is C25H30F3N7O4S. The molecule has 0 aliphatic rings. The van der Waals surface area contributed by atoms with E-state index >= 15 is 0 Å². The number of aliphatic hydroxyl groups is 1. The maximum Gasteiger partial charge on any atom is 0.421 e. The third-order valence-electron chi connectivity index (χ3n) is 5.89. The van der Waals surface area contributed by atoms with E-state index in [4.69, 9.17) is 5.11 Å². The van der Waals surface area contributed by atoms with Gasteiger partial charge in [0.2, 0.25) is 16.0 Å². The first-order valence-corrected chi connectivity index (χ1v) is 14.0. The van der Waals surface area contributed by atoms with Crippen LogP contribution in [0.3, 0.4) is 0 Å². The number of hydrogen-bond donors (Lipinski definition) is 4. The minimum atomic E-state index is -4.77. The third kappa shape index (κ3) is 8.02. The number of amides is 1. The Morgan fingerprint density at radius 1 is 1.18 bits per heavy atom. The van der Waals surface area contributed by atoms with Gasteiger partial charge in [-0.25, -0.2) is 18.4 Å². The topological polar surface area (TPSA) is 149 Å². The molecule has 0 radical (unpaired) electrons. The zero-order valence-electron chi connectivity index (χ0n) is 22.0.